The van der Waals surface area contributed by atoms with Crippen LogP contribution in [0.1, 0.15) is 40.5 Å². The predicted molar refractivity (Wildman–Crippen MR) is 79.4 cm³/mol. The fourth-order valence-electron chi connectivity index (χ4n) is 2.78. The Morgan fingerprint density at radius 1 is 1.26 bits per heavy atom. The van der Waals surface area contributed by atoms with Gasteiger partial charge in [0.1, 0.15) is 0 Å². The highest BCUT2D eigenvalue weighted by molar-refractivity contribution is 4.80. The van der Waals surface area contributed by atoms with Crippen molar-refractivity contribution in [1.82, 2.24) is 10.2 Å². The van der Waals surface area contributed by atoms with Gasteiger partial charge in [-0.15, -0.1) is 0 Å². The van der Waals surface area contributed by atoms with Gasteiger partial charge in [-0.1, -0.05) is 6.92 Å². The molecule has 0 bridgehead atoms. The van der Waals surface area contributed by atoms with E-state index in [1.54, 1.807) is 0 Å². The Balaban J connectivity index is 2.19. The zero-order chi connectivity index (χ0) is 14.3. The molecule has 0 aliphatic carbocycles. The van der Waals surface area contributed by atoms with E-state index in [1.165, 1.54) is 12.8 Å². The third-order valence-electron chi connectivity index (χ3n) is 3.96. The molecule has 19 heavy (non-hydrogen) atoms. The number of hydrogen-bond acceptors (Lipinski definition) is 4. The van der Waals surface area contributed by atoms with E-state index in [9.17, 15) is 5.11 Å². The molecular formula is C15H32N2O2. The Morgan fingerprint density at radius 2 is 1.89 bits per heavy atom. The summed E-state index contributed by atoms with van der Waals surface area (Å²) in [6.45, 7) is 12.9. The molecule has 1 aliphatic heterocycles. The van der Waals surface area contributed by atoms with Gasteiger partial charge in [-0.2, -0.15) is 0 Å². The molecule has 1 heterocycles. The van der Waals surface area contributed by atoms with Crippen LogP contribution in [0.25, 0.3) is 0 Å². The molecule has 4 heteroatoms. The van der Waals surface area contributed by atoms with E-state index in [0.29, 0.717) is 12.6 Å². The van der Waals surface area contributed by atoms with E-state index in [4.69, 9.17) is 4.74 Å². The second kappa shape index (κ2) is 8.90. The van der Waals surface area contributed by atoms with Crippen molar-refractivity contribution in [2.75, 3.05) is 32.8 Å². The maximum absolute atomic E-state index is 9.93. The predicted octanol–water partition coefficient (Wildman–Crippen LogP) is 1.48. The van der Waals surface area contributed by atoms with Gasteiger partial charge < -0.3 is 20.1 Å². The van der Waals surface area contributed by atoms with Gasteiger partial charge in [0, 0.05) is 12.6 Å². The molecule has 0 aromatic heterocycles. The van der Waals surface area contributed by atoms with E-state index in [2.05, 4.69) is 24.1 Å². The summed E-state index contributed by atoms with van der Waals surface area (Å²) in [4.78, 5) is 2.36. The van der Waals surface area contributed by atoms with E-state index in [0.717, 1.165) is 32.1 Å². The minimum atomic E-state index is -0.356. The number of hydrogen-bond donors (Lipinski definition) is 2. The Hall–Kier alpha value is -0.160. The van der Waals surface area contributed by atoms with Gasteiger partial charge in [0.2, 0.25) is 0 Å². The van der Waals surface area contributed by atoms with E-state index >= 15 is 0 Å². The number of likely N-dealkylation sites (tertiary alicyclic amines) is 1. The molecule has 1 aliphatic rings. The molecule has 114 valence electrons. The van der Waals surface area contributed by atoms with Crippen molar-refractivity contribution >= 4 is 0 Å². The molecule has 0 amide bonds. The van der Waals surface area contributed by atoms with E-state index in [1.807, 2.05) is 13.8 Å². The van der Waals surface area contributed by atoms with Crippen LogP contribution in [0, 0.1) is 5.92 Å². The number of β-amino-alcohol motifs (C(OH)–C–C–N with tert-alkyl or cyclic N) is 1. The monoisotopic (exact) mass is 272 g/mol. The van der Waals surface area contributed by atoms with Gasteiger partial charge in [0.15, 0.2) is 0 Å². The zero-order valence-corrected chi connectivity index (χ0v) is 13.1. The molecule has 0 saturated carbocycles. The summed E-state index contributed by atoms with van der Waals surface area (Å²) in [6, 6.07) is 0.612. The third-order valence-corrected chi connectivity index (χ3v) is 3.96. The second-order valence-electron chi connectivity index (χ2n) is 6.02. The Labute approximate surface area is 118 Å². The standard InChI is InChI=1S/C15H32N2O2/c1-5-16-13(4)14-6-8-17(9-7-14)10-15(18)11-19-12(2)3/h12-16,18H,5-11H2,1-4H3. The number of aliphatic hydroxyl groups is 1. The van der Waals surface area contributed by atoms with Crippen molar-refractivity contribution in [3.8, 4) is 0 Å². The van der Waals surface area contributed by atoms with Crippen LogP contribution in [-0.4, -0.2) is 61.0 Å². The molecule has 1 rings (SSSR count). The maximum Gasteiger partial charge on any atom is 0.0900 e. The van der Waals surface area contributed by atoms with Crippen LogP contribution >= 0.6 is 0 Å². The fourth-order valence-corrected chi connectivity index (χ4v) is 2.78. The lowest BCUT2D eigenvalue weighted by molar-refractivity contribution is -0.0130. The highest BCUT2D eigenvalue weighted by atomic mass is 16.5. The van der Waals surface area contributed by atoms with E-state index < -0.39 is 0 Å². The fraction of sp³-hybridized carbons (Fsp3) is 1.00. The lowest BCUT2D eigenvalue weighted by Crippen LogP contribution is -2.44. The average molecular weight is 272 g/mol. The lowest BCUT2D eigenvalue weighted by atomic mass is 9.90. The molecule has 1 saturated heterocycles. The van der Waals surface area contributed by atoms with Gasteiger partial charge in [0.25, 0.3) is 0 Å². The van der Waals surface area contributed by atoms with Crippen molar-refractivity contribution < 1.29 is 9.84 Å². The smallest absolute Gasteiger partial charge is 0.0900 e. The van der Waals surface area contributed by atoms with Gasteiger partial charge >= 0.3 is 0 Å². The van der Waals surface area contributed by atoms with Crippen LogP contribution in [0.3, 0.4) is 0 Å². The molecule has 2 unspecified atom stereocenters. The third kappa shape index (κ3) is 6.70. The van der Waals surface area contributed by atoms with Crippen LogP contribution in [0.5, 0.6) is 0 Å². The van der Waals surface area contributed by atoms with Gasteiger partial charge in [-0.3, -0.25) is 0 Å². The summed E-state index contributed by atoms with van der Waals surface area (Å²) in [5, 5.41) is 13.4. The first-order valence-electron chi connectivity index (χ1n) is 7.78. The summed E-state index contributed by atoms with van der Waals surface area (Å²) < 4.78 is 5.45. The normalized spacial score (nSPS) is 21.8. The molecular weight excluding hydrogens is 240 g/mol. The number of aliphatic hydroxyl groups excluding tert-OH is 1. The number of nitrogens with zero attached hydrogens (tertiary/aromatic N) is 1. The minimum Gasteiger partial charge on any atom is -0.389 e. The number of piperidine rings is 1. The van der Waals surface area contributed by atoms with Crippen LogP contribution in [0.2, 0.25) is 0 Å². The van der Waals surface area contributed by atoms with Crippen molar-refractivity contribution in [3.05, 3.63) is 0 Å². The highest BCUT2D eigenvalue weighted by Crippen LogP contribution is 2.20. The van der Waals surface area contributed by atoms with Gasteiger partial charge in [-0.25, -0.2) is 0 Å². The lowest BCUT2D eigenvalue weighted by Gasteiger charge is -2.36. The van der Waals surface area contributed by atoms with E-state index in [-0.39, 0.29) is 12.2 Å². The van der Waals surface area contributed by atoms with Crippen LogP contribution < -0.4 is 5.32 Å². The summed E-state index contributed by atoms with van der Waals surface area (Å²) in [7, 11) is 0. The van der Waals surface area contributed by atoms with Gasteiger partial charge in [0.05, 0.1) is 18.8 Å². The average Bonchev–Trinajstić information content (AvgIpc) is 2.37. The van der Waals surface area contributed by atoms with Crippen LogP contribution in [0.4, 0.5) is 0 Å². The zero-order valence-electron chi connectivity index (χ0n) is 13.1. The molecule has 2 N–H and O–H groups in total. The summed E-state index contributed by atoms with van der Waals surface area (Å²) in [5.74, 6) is 0.778. The highest BCUT2D eigenvalue weighted by Gasteiger charge is 2.24. The quantitative estimate of drug-likeness (QED) is 0.702. The van der Waals surface area contributed by atoms with Crippen molar-refractivity contribution in [2.45, 2.75) is 58.8 Å². The molecule has 0 aromatic rings. The molecule has 1 fully saturated rings. The number of nitrogens with one attached hydrogen (secondary N) is 1. The molecule has 0 radical (unpaired) electrons. The SMILES string of the molecule is CCNC(C)C1CCN(CC(O)COC(C)C)CC1. The Kier molecular flexibility index (Phi) is 7.91. The largest absolute Gasteiger partial charge is 0.389 e. The van der Waals surface area contributed by atoms with Gasteiger partial charge in [-0.05, 0) is 59.2 Å². The molecule has 0 spiro atoms. The van der Waals surface area contributed by atoms with Crippen molar-refractivity contribution in [3.63, 3.8) is 0 Å². The first kappa shape index (κ1) is 16.9. The van der Waals surface area contributed by atoms with Crippen molar-refractivity contribution in [1.29, 1.82) is 0 Å². The Morgan fingerprint density at radius 3 is 2.42 bits per heavy atom. The van der Waals surface area contributed by atoms with Crippen molar-refractivity contribution in [2.24, 2.45) is 5.92 Å². The first-order valence-corrected chi connectivity index (χ1v) is 7.78. The molecule has 2 atom stereocenters. The van der Waals surface area contributed by atoms with Crippen LogP contribution in [0.15, 0.2) is 0 Å². The topological polar surface area (TPSA) is 44.7 Å². The summed E-state index contributed by atoms with van der Waals surface area (Å²) >= 11 is 0. The summed E-state index contributed by atoms with van der Waals surface area (Å²) in [5.41, 5.74) is 0. The Bertz CT molecular complexity index is 228. The number of rotatable bonds is 8. The first-order chi connectivity index (χ1) is 9.02. The molecule has 4 nitrogen and oxygen atoms in total. The maximum atomic E-state index is 9.93. The summed E-state index contributed by atoms with van der Waals surface area (Å²) in [6.07, 6.45) is 2.30. The number of ether oxygens (including phenoxy) is 1. The second-order valence-corrected chi connectivity index (χ2v) is 6.02. The minimum absolute atomic E-state index is 0.196. The molecule has 0 aromatic carbocycles. The van der Waals surface area contributed by atoms with Crippen LogP contribution in [-0.2, 0) is 4.74 Å².